The summed E-state index contributed by atoms with van der Waals surface area (Å²) in [5.74, 6) is 0.676. The maximum atomic E-state index is 10.9. The van der Waals surface area contributed by atoms with Crippen molar-refractivity contribution in [1.29, 1.82) is 0 Å². The van der Waals surface area contributed by atoms with Crippen molar-refractivity contribution in [2.24, 2.45) is 0 Å². The van der Waals surface area contributed by atoms with E-state index in [0.29, 0.717) is 11.5 Å². The number of nitro groups is 1. The molecule has 7 nitrogen and oxygen atoms in total. The third-order valence-electron chi connectivity index (χ3n) is 3.96. The van der Waals surface area contributed by atoms with Crippen molar-refractivity contribution in [3.05, 3.63) is 92.5 Å². The first-order valence-electron chi connectivity index (χ1n) is 8.08. The minimum absolute atomic E-state index is 0.0275. The highest BCUT2D eigenvalue weighted by atomic mass is 127. The van der Waals surface area contributed by atoms with Crippen LogP contribution in [0.25, 0.3) is 22.8 Å². The van der Waals surface area contributed by atoms with Crippen LogP contribution < -0.4 is 4.68 Å². The van der Waals surface area contributed by atoms with Crippen molar-refractivity contribution in [2.45, 2.75) is 0 Å². The molecule has 0 aliphatic rings. The van der Waals surface area contributed by atoms with Crippen LogP contribution >= 0.6 is 22.6 Å². The summed E-state index contributed by atoms with van der Waals surface area (Å²) < 4.78 is 2.88. The summed E-state index contributed by atoms with van der Waals surface area (Å²) in [6, 6.07) is 23.9. The van der Waals surface area contributed by atoms with Gasteiger partial charge in [-0.2, -0.15) is 0 Å². The number of nitro benzene ring substituents is 1. The lowest BCUT2D eigenvalue weighted by Crippen LogP contribution is -2.35. The van der Waals surface area contributed by atoms with Gasteiger partial charge in [-0.15, -0.1) is 0 Å². The van der Waals surface area contributed by atoms with E-state index in [1.807, 2.05) is 54.6 Å². The Labute approximate surface area is 168 Å². The lowest BCUT2D eigenvalue weighted by atomic mass is 10.2. The minimum atomic E-state index is -0.429. The third-order valence-corrected chi connectivity index (χ3v) is 4.68. The predicted octanol–water partition coefficient (Wildman–Crippen LogP) is 3.72. The zero-order valence-corrected chi connectivity index (χ0v) is 16.1. The first-order chi connectivity index (χ1) is 13.1. The van der Waals surface area contributed by atoms with Gasteiger partial charge in [0.2, 0.25) is 0 Å². The van der Waals surface area contributed by atoms with Crippen LogP contribution in [-0.2, 0) is 0 Å². The van der Waals surface area contributed by atoms with E-state index < -0.39 is 4.92 Å². The molecule has 132 valence electrons. The Morgan fingerprint density at radius 1 is 0.926 bits per heavy atom. The molecule has 0 fully saturated rings. The van der Waals surface area contributed by atoms with E-state index in [9.17, 15) is 10.1 Å². The quantitative estimate of drug-likeness (QED) is 0.197. The fourth-order valence-electron chi connectivity index (χ4n) is 2.62. The van der Waals surface area contributed by atoms with E-state index in [-0.39, 0.29) is 5.69 Å². The van der Waals surface area contributed by atoms with Gasteiger partial charge in [-0.3, -0.25) is 10.1 Å². The number of rotatable bonds is 4. The van der Waals surface area contributed by atoms with Crippen molar-refractivity contribution in [3.63, 3.8) is 0 Å². The molecule has 0 unspecified atom stereocenters. The smallest absolute Gasteiger partial charge is 0.258 e. The van der Waals surface area contributed by atoms with Gasteiger partial charge in [-0.1, -0.05) is 22.9 Å². The highest BCUT2D eigenvalue weighted by Gasteiger charge is 2.24. The monoisotopic (exact) mass is 470 g/mol. The number of aromatic nitrogens is 4. The summed E-state index contributed by atoms with van der Waals surface area (Å²) in [6.07, 6.45) is 0. The Hall–Kier alpha value is -3.14. The molecule has 0 N–H and O–H groups in total. The lowest BCUT2D eigenvalue weighted by Gasteiger charge is -1.98. The van der Waals surface area contributed by atoms with Crippen LogP contribution in [-0.4, -0.2) is 20.0 Å². The average Bonchev–Trinajstić information content (AvgIpc) is 3.15. The average molecular weight is 470 g/mol. The molecule has 4 aromatic rings. The molecular weight excluding hydrogens is 457 g/mol. The van der Waals surface area contributed by atoms with Gasteiger partial charge < -0.3 is 0 Å². The van der Waals surface area contributed by atoms with Gasteiger partial charge >= 0.3 is 5.82 Å². The van der Waals surface area contributed by atoms with Gasteiger partial charge in [-0.25, -0.2) is 0 Å². The topological polar surface area (TPSA) is 77.7 Å². The van der Waals surface area contributed by atoms with Gasteiger partial charge in [0.15, 0.2) is 5.69 Å². The fourth-order valence-corrected chi connectivity index (χ4v) is 2.98. The number of benzene rings is 3. The molecule has 27 heavy (non-hydrogen) atoms. The van der Waals surface area contributed by atoms with Crippen molar-refractivity contribution < 1.29 is 9.61 Å². The van der Waals surface area contributed by atoms with Crippen molar-refractivity contribution in [2.75, 3.05) is 0 Å². The number of nitrogens with zero attached hydrogens (tertiary/aromatic N) is 5. The molecule has 0 aliphatic heterocycles. The zero-order chi connectivity index (χ0) is 18.8. The Kier molecular flexibility index (Phi) is 4.63. The highest BCUT2D eigenvalue weighted by Crippen LogP contribution is 2.17. The van der Waals surface area contributed by atoms with E-state index in [1.54, 1.807) is 16.8 Å². The third kappa shape index (κ3) is 3.56. The van der Waals surface area contributed by atoms with Crippen LogP contribution in [0.4, 0.5) is 5.69 Å². The van der Waals surface area contributed by atoms with Gasteiger partial charge in [0.25, 0.3) is 5.69 Å². The zero-order valence-electron chi connectivity index (χ0n) is 13.9. The summed E-state index contributed by atoms with van der Waals surface area (Å²) in [5.41, 5.74) is 2.47. The highest BCUT2D eigenvalue weighted by molar-refractivity contribution is 14.1. The molecule has 0 saturated heterocycles. The number of non-ortho nitro benzene ring substituents is 1. The van der Waals surface area contributed by atoms with Gasteiger partial charge in [-0.05, 0) is 71.1 Å². The summed E-state index contributed by atoms with van der Waals surface area (Å²) in [7, 11) is 0. The number of halogens is 1. The molecule has 4 rings (SSSR count). The van der Waals surface area contributed by atoms with Crippen LogP contribution in [0.3, 0.4) is 0 Å². The molecule has 0 bridgehead atoms. The van der Waals surface area contributed by atoms with Crippen molar-refractivity contribution in [3.8, 4) is 22.8 Å². The number of hydrogen-bond acceptors (Lipinski definition) is 4. The summed E-state index contributed by atoms with van der Waals surface area (Å²) >= 11 is 2.25. The maximum Gasteiger partial charge on any atom is 0.335 e. The molecule has 3 aromatic carbocycles. The standard InChI is InChI=1S/C19H13IN5O2/c20-15-6-8-16(9-7-15)23-19(14-4-2-1-3-5-14)21-24(22-23)17-10-12-18(13-11-17)25(26)27/h1-13H/q+1. The number of tetrazole rings is 1. The predicted molar refractivity (Wildman–Crippen MR) is 108 cm³/mol. The van der Waals surface area contributed by atoms with E-state index in [1.165, 1.54) is 16.9 Å². The van der Waals surface area contributed by atoms with Crippen LogP contribution in [0.2, 0.25) is 0 Å². The molecule has 1 aromatic heterocycles. The Morgan fingerprint density at radius 3 is 2.22 bits per heavy atom. The summed E-state index contributed by atoms with van der Waals surface area (Å²) in [5, 5.41) is 20.1. The Morgan fingerprint density at radius 2 is 1.59 bits per heavy atom. The first kappa shape index (κ1) is 17.3. The lowest BCUT2D eigenvalue weighted by molar-refractivity contribution is -0.651. The van der Waals surface area contributed by atoms with Crippen LogP contribution in [0.15, 0.2) is 78.9 Å². The second kappa shape index (κ2) is 7.23. The van der Waals surface area contributed by atoms with Gasteiger partial charge in [0.05, 0.1) is 20.8 Å². The normalized spacial score (nSPS) is 10.7. The van der Waals surface area contributed by atoms with Crippen molar-refractivity contribution in [1.82, 2.24) is 15.1 Å². The molecule has 0 amide bonds. The van der Waals surface area contributed by atoms with Gasteiger partial charge in [0, 0.05) is 20.5 Å². The maximum absolute atomic E-state index is 10.9. The Balaban J connectivity index is 1.84. The van der Waals surface area contributed by atoms with Crippen LogP contribution in [0.1, 0.15) is 0 Å². The molecule has 0 spiro atoms. The second-order valence-corrected chi connectivity index (χ2v) is 6.98. The number of hydrogen-bond donors (Lipinski definition) is 0. The van der Waals surface area contributed by atoms with Crippen LogP contribution in [0, 0.1) is 13.7 Å². The molecule has 8 heteroatoms. The Bertz CT molecular complexity index is 1090. The van der Waals surface area contributed by atoms with E-state index in [2.05, 4.69) is 32.9 Å². The molecule has 1 heterocycles. The van der Waals surface area contributed by atoms with E-state index >= 15 is 0 Å². The second-order valence-electron chi connectivity index (χ2n) is 5.73. The van der Waals surface area contributed by atoms with Crippen molar-refractivity contribution >= 4 is 28.3 Å². The van der Waals surface area contributed by atoms with Crippen LogP contribution in [0.5, 0.6) is 0 Å². The molecule has 0 radical (unpaired) electrons. The van der Waals surface area contributed by atoms with E-state index in [0.717, 1.165) is 14.8 Å². The molecular formula is C19H13IN5O2+. The largest absolute Gasteiger partial charge is 0.335 e. The first-order valence-corrected chi connectivity index (χ1v) is 9.15. The SMILES string of the molecule is O=[N+]([O-])c1ccc(-n2nc(-c3ccccc3)[n+](-c3ccc(I)cc3)n2)cc1. The molecule has 0 aliphatic carbocycles. The molecule has 0 atom stereocenters. The minimum Gasteiger partial charge on any atom is -0.258 e. The summed E-state index contributed by atoms with van der Waals surface area (Å²) in [6.45, 7) is 0. The van der Waals surface area contributed by atoms with E-state index in [4.69, 9.17) is 0 Å². The summed E-state index contributed by atoms with van der Waals surface area (Å²) in [4.78, 5) is 11.9. The molecule has 0 saturated carbocycles. The fraction of sp³-hybridized carbons (Fsp3) is 0. The van der Waals surface area contributed by atoms with Gasteiger partial charge in [0.1, 0.15) is 5.69 Å².